The van der Waals surface area contributed by atoms with Gasteiger partial charge in [-0.1, -0.05) is 24.6 Å². The largest absolute Gasteiger partial charge is 0.308 e. The standard InChI is InChI=1S/C17H23NS2/c1-12-14-7-4-5-8-15(14)20-16(12)13(2)18-11-17(19-3)9-6-10-17/h4-5,7-8,13,18H,6,9-11H2,1-3H3. The van der Waals surface area contributed by atoms with Gasteiger partial charge in [0.15, 0.2) is 0 Å². The van der Waals surface area contributed by atoms with Crippen LogP contribution in [0.2, 0.25) is 0 Å². The van der Waals surface area contributed by atoms with Crippen LogP contribution in [0.25, 0.3) is 10.1 Å². The van der Waals surface area contributed by atoms with E-state index in [9.17, 15) is 0 Å². The number of aryl methyl sites for hydroxylation is 1. The zero-order chi connectivity index (χ0) is 14.2. The second-order valence-electron chi connectivity index (χ2n) is 5.93. The van der Waals surface area contributed by atoms with Crippen molar-refractivity contribution in [3.05, 3.63) is 34.7 Å². The van der Waals surface area contributed by atoms with Crippen LogP contribution < -0.4 is 5.32 Å². The fourth-order valence-electron chi connectivity index (χ4n) is 3.06. The van der Waals surface area contributed by atoms with Gasteiger partial charge in [-0.3, -0.25) is 0 Å². The molecule has 1 fully saturated rings. The van der Waals surface area contributed by atoms with Gasteiger partial charge >= 0.3 is 0 Å². The Morgan fingerprint density at radius 3 is 2.70 bits per heavy atom. The molecule has 20 heavy (non-hydrogen) atoms. The summed E-state index contributed by atoms with van der Waals surface area (Å²) in [5, 5.41) is 5.20. The van der Waals surface area contributed by atoms with Gasteiger partial charge in [0.1, 0.15) is 0 Å². The van der Waals surface area contributed by atoms with Crippen LogP contribution >= 0.6 is 23.1 Å². The molecule has 0 amide bonds. The summed E-state index contributed by atoms with van der Waals surface area (Å²) in [6.07, 6.45) is 6.41. The molecule has 1 unspecified atom stereocenters. The lowest BCUT2D eigenvalue weighted by atomic mass is 9.84. The summed E-state index contributed by atoms with van der Waals surface area (Å²) >= 11 is 3.99. The van der Waals surface area contributed by atoms with Crippen molar-refractivity contribution >= 4 is 33.2 Å². The summed E-state index contributed by atoms with van der Waals surface area (Å²) < 4.78 is 1.93. The van der Waals surface area contributed by atoms with Crippen LogP contribution in [0.5, 0.6) is 0 Å². The second-order valence-corrected chi connectivity index (χ2v) is 8.29. The molecule has 1 N–H and O–H groups in total. The van der Waals surface area contributed by atoms with Crippen molar-refractivity contribution < 1.29 is 0 Å². The molecule has 0 aliphatic heterocycles. The Kier molecular flexibility index (Phi) is 4.11. The molecule has 1 aromatic carbocycles. The van der Waals surface area contributed by atoms with Crippen LogP contribution in [0.15, 0.2) is 24.3 Å². The molecular formula is C17H23NS2. The molecule has 0 radical (unpaired) electrons. The van der Waals surface area contributed by atoms with E-state index in [0.29, 0.717) is 10.8 Å². The number of thiophene rings is 1. The third-order valence-electron chi connectivity index (χ3n) is 4.70. The quantitative estimate of drug-likeness (QED) is 0.820. The van der Waals surface area contributed by atoms with Crippen molar-refractivity contribution in [2.24, 2.45) is 0 Å². The third-order valence-corrected chi connectivity index (χ3v) is 7.58. The van der Waals surface area contributed by atoms with Crippen molar-refractivity contribution in [3.63, 3.8) is 0 Å². The molecule has 2 aromatic rings. The van der Waals surface area contributed by atoms with E-state index in [1.807, 2.05) is 23.1 Å². The number of fused-ring (bicyclic) bond motifs is 1. The fraction of sp³-hybridized carbons (Fsp3) is 0.529. The Morgan fingerprint density at radius 2 is 2.10 bits per heavy atom. The van der Waals surface area contributed by atoms with Crippen LogP contribution in [0.3, 0.4) is 0 Å². The van der Waals surface area contributed by atoms with Gasteiger partial charge < -0.3 is 5.32 Å². The van der Waals surface area contributed by atoms with Gasteiger partial charge in [0.25, 0.3) is 0 Å². The Morgan fingerprint density at radius 1 is 1.35 bits per heavy atom. The van der Waals surface area contributed by atoms with E-state index in [1.165, 1.54) is 39.8 Å². The molecule has 0 bridgehead atoms. The first kappa shape index (κ1) is 14.4. The van der Waals surface area contributed by atoms with E-state index in [0.717, 1.165) is 6.54 Å². The maximum Gasteiger partial charge on any atom is 0.0389 e. The van der Waals surface area contributed by atoms with Gasteiger partial charge in [0, 0.05) is 26.9 Å². The summed E-state index contributed by atoms with van der Waals surface area (Å²) in [6.45, 7) is 5.72. The molecule has 3 rings (SSSR count). The number of hydrogen-bond acceptors (Lipinski definition) is 3. The van der Waals surface area contributed by atoms with E-state index in [4.69, 9.17) is 0 Å². The number of thioether (sulfide) groups is 1. The fourth-order valence-corrected chi connectivity index (χ4v) is 5.22. The summed E-state index contributed by atoms with van der Waals surface area (Å²) in [5.41, 5.74) is 1.46. The van der Waals surface area contributed by atoms with Crippen molar-refractivity contribution in [2.75, 3.05) is 12.8 Å². The minimum atomic E-state index is 0.456. The zero-order valence-electron chi connectivity index (χ0n) is 12.5. The summed E-state index contributed by atoms with van der Waals surface area (Å²) in [7, 11) is 0. The molecule has 1 aliphatic rings. The first-order chi connectivity index (χ1) is 9.65. The van der Waals surface area contributed by atoms with Gasteiger partial charge in [-0.05, 0) is 50.0 Å². The van der Waals surface area contributed by atoms with E-state index in [1.54, 1.807) is 0 Å². The molecule has 1 heterocycles. The maximum absolute atomic E-state index is 3.78. The topological polar surface area (TPSA) is 12.0 Å². The summed E-state index contributed by atoms with van der Waals surface area (Å²) in [5.74, 6) is 0. The highest BCUT2D eigenvalue weighted by Gasteiger charge is 2.36. The van der Waals surface area contributed by atoms with E-state index in [2.05, 4.69) is 49.7 Å². The van der Waals surface area contributed by atoms with Crippen molar-refractivity contribution in [3.8, 4) is 0 Å². The lowest BCUT2D eigenvalue weighted by Gasteiger charge is -2.41. The van der Waals surface area contributed by atoms with Crippen LogP contribution in [-0.2, 0) is 0 Å². The number of nitrogens with one attached hydrogen (secondary N) is 1. The summed E-state index contributed by atoms with van der Waals surface area (Å²) in [4.78, 5) is 1.50. The lowest BCUT2D eigenvalue weighted by Crippen LogP contribution is -2.43. The van der Waals surface area contributed by atoms with E-state index < -0.39 is 0 Å². The van der Waals surface area contributed by atoms with E-state index in [-0.39, 0.29) is 0 Å². The molecule has 1 atom stereocenters. The normalized spacial score (nSPS) is 18.9. The van der Waals surface area contributed by atoms with Gasteiger partial charge in [-0.25, -0.2) is 0 Å². The highest BCUT2D eigenvalue weighted by atomic mass is 32.2. The Balaban J connectivity index is 1.75. The minimum absolute atomic E-state index is 0.456. The zero-order valence-corrected chi connectivity index (χ0v) is 14.2. The minimum Gasteiger partial charge on any atom is -0.308 e. The second kappa shape index (κ2) is 5.70. The first-order valence-electron chi connectivity index (χ1n) is 7.42. The van der Waals surface area contributed by atoms with Gasteiger partial charge in [0.05, 0.1) is 0 Å². The Hall–Kier alpha value is -0.510. The van der Waals surface area contributed by atoms with Gasteiger partial charge in [-0.15, -0.1) is 11.3 Å². The Labute approximate surface area is 130 Å². The molecule has 0 spiro atoms. The van der Waals surface area contributed by atoms with Crippen LogP contribution in [0, 0.1) is 6.92 Å². The SMILES string of the molecule is CSC1(CNC(C)c2sc3ccccc3c2C)CCC1. The van der Waals surface area contributed by atoms with Crippen LogP contribution in [0.4, 0.5) is 0 Å². The van der Waals surface area contributed by atoms with Crippen LogP contribution in [0.1, 0.15) is 42.7 Å². The average Bonchev–Trinajstić information content (AvgIpc) is 2.76. The smallest absolute Gasteiger partial charge is 0.0389 e. The predicted octanol–water partition coefficient (Wildman–Crippen LogP) is 5.15. The summed E-state index contributed by atoms with van der Waals surface area (Å²) in [6, 6.07) is 9.21. The van der Waals surface area contributed by atoms with E-state index >= 15 is 0 Å². The maximum atomic E-state index is 3.78. The highest BCUT2D eigenvalue weighted by Crippen LogP contribution is 2.43. The number of hydrogen-bond donors (Lipinski definition) is 1. The van der Waals surface area contributed by atoms with Gasteiger partial charge in [-0.2, -0.15) is 11.8 Å². The molecule has 108 valence electrons. The van der Waals surface area contributed by atoms with Crippen molar-refractivity contribution in [1.29, 1.82) is 0 Å². The molecule has 1 aromatic heterocycles. The Bertz CT molecular complexity index is 593. The monoisotopic (exact) mass is 305 g/mol. The molecule has 0 saturated heterocycles. The molecule has 1 saturated carbocycles. The average molecular weight is 306 g/mol. The van der Waals surface area contributed by atoms with Gasteiger partial charge in [0.2, 0.25) is 0 Å². The highest BCUT2D eigenvalue weighted by molar-refractivity contribution is 8.00. The van der Waals surface area contributed by atoms with Crippen molar-refractivity contribution in [2.45, 2.75) is 43.9 Å². The number of rotatable bonds is 5. The molecular weight excluding hydrogens is 282 g/mol. The molecule has 1 aliphatic carbocycles. The molecule has 3 heteroatoms. The first-order valence-corrected chi connectivity index (χ1v) is 9.46. The molecule has 1 nitrogen and oxygen atoms in total. The lowest BCUT2D eigenvalue weighted by molar-refractivity contribution is 0.335. The third kappa shape index (κ3) is 2.51. The van der Waals surface area contributed by atoms with Crippen LogP contribution in [-0.4, -0.2) is 17.5 Å². The van der Waals surface area contributed by atoms with Crippen molar-refractivity contribution in [1.82, 2.24) is 5.32 Å². The predicted molar refractivity (Wildman–Crippen MR) is 93.1 cm³/mol. The number of benzene rings is 1.